The predicted molar refractivity (Wildman–Crippen MR) is 127 cm³/mol. The number of nitrogens with one attached hydrogen (secondary N) is 2. The van der Waals surface area contributed by atoms with Gasteiger partial charge in [0.15, 0.2) is 0 Å². The van der Waals surface area contributed by atoms with Crippen molar-refractivity contribution >= 4 is 12.0 Å². The Morgan fingerprint density at radius 3 is 2.47 bits per heavy atom. The molecule has 8 nitrogen and oxygen atoms in total. The van der Waals surface area contributed by atoms with Crippen LogP contribution in [0.4, 0.5) is 4.79 Å². The number of carbonyl (C=O) groups excluding carboxylic acids is 2. The lowest BCUT2D eigenvalue weighted by atomic mass is 10.1. The maximum absolute atomic E-state index is 12.3. The Bertz CT molecular complexity index is 929. The van der Waals surface area contributed by atoms with Crippen LogP contribution in [0.25, 0.3) is 0 Å². The zero-order valence-corrected chi connectivity index (χ0v) is 19.6. The van der Waals surface area contributed by atoms with Crippen molar-refractivity contribution in [2.75, 3.05) is 33.4 Å². The standard InChI is InChI=1S/C26H33N3O5/c1-32-28-25(30)17-19-7-9-21(10-8-19)33-16-15-29-13-11-22(12-14-29)34-26(31)27-24-18-23(24)20-5-3-2-4-6-20/h2-10,22-24H,11-18H2,1H3,(H,27,31)(H,28,30)/t23-,24+/m0/s1. The smallest absolute Gasteiger partial charge is 0.407 e. The van der Waals surface area contributed by atoms with E-state index in [-0.39, 0.29) is 30.6 Å². The number of hydroxylamine groups is 1. The summed E-state index contributed by atoms with van der Waals surface area (Å²) in [6, 6.07) is 18.0. The Labute approximate surface area is 200 Å². The molecule has 1 aliphatic carbocycles. The molecule has 2 fully saturated rings. The van der Waals surface area contributed by atoms with E-state index in [2.05, 4.69) is 32.7 Å². The van der Waals surface area contributed by atoms with E-state index in [1.165, 1.54) is 12.7 Å². The van der Waals surface area contributed by atoms with Gasteiger partial charge in [-0.25, -0.2) is 10.3 Å². The lowest BCUT2D eigenvalue weighted by molar-refractivity contribution is -0.130. The fraction of sp³-hybridized carbons (Fsp3) is 0.462. The van der Waals surface area contributed by atoms with Gasteiger partial charge < -0.3 is 14.8 Å². The summed E-state index contributed by atoms with van der Waals surface area (Å²) in [7, 11) is 1.41. The number of carbonyl (C=O) groups is 2. The molecule has 4 rings (SSSR count). The first-order valence-electron chi connectivity index (χ1n) is 11.9. The maximum Gasteiger partial charge on any atom is 0.407 e. The van der Waals surface area contributed by atoms with Crippen LogP contribution >= 0.6 is 0 Å². The number of piperidine rings is 1. The minimum atomic E-state index is -0.298. The highest BCUT2D eigenvalue weighted by Gasteiger charge is 2.40. The molecular formula is C26H33N3O5. The molecule has 0 aromatic heterocycles. The summed E-state index contributed by atoms with van der Waals surface area (Å²) < 4.78 is 11.5. The van der Waals surface area contributed by atoms with E-state index in [4.69, 9.17) is 9.47 Å². The molecule has 1 aliphatic heterocycles. The number of hydrogen-bond donors (Lipinski definition) is 2. The van der Waals surface area contributed by atoms with Crippen LogP contribution in [0.2, 0.25) is 0 Å². The van der Waals surface area contributed by atoms with E-state index in [9.17, 15) is 9.59 Å². The number of alkyl carbamates (subject to hydrolysis) is 1. The summed E-state index contributed by atoms with van der Waals surface area (Å²) in [6.07, 6.45) is 2.57. The SMILES string of the molecule is CONC(=O)Cc1ccc(OCCN2CCC(OC(=O)N[C@@H]3C[C@H]3c3ccccc3)CC2)cc1. The fourth-order valence-corrected chi connectivity index (χ4v) is 4.34. The van der Waals surface area contributed by atoms with Crippen molar-refractivity contribution in [3.8, 4) is 5.75 Å². The Morgan fingerprint density at radius 2 is 1.76 bits per heavy atom. The summed E-state index contributed by atoms with van der Waals surface area (Å²) >= 11 is 0. The van der Waals surface area contributed by atoms with E-state index < -0.39 is 0 Å². The number of nitrogens with zero attached hydrogens (tertiary/aromatic N) is 1. The van der Waals surface area contributed by atoms with Crippen molar-refractivity contribution in [1.82, 2.24) is 15.7 Å². The van der Waals surface area contributed by atoms with Gasteiger partial charge in [0.1, 0.15) is 18.5 Å². The molecule has 1 saturated heterocycles. The number of hydrogen-bond acceptors (Lipinski definition) is 6. The molecule has 34 heavy (non-hydrogen) atoms. The second-order valence-electron chi connectivity index (χ2n) is 8.85. The van der Waals surface area contributed by atoms with Crippen LogP contribution in [0.5, 0.6) is 5.75 Å². The average Bonchev–Trinajstić information content (AvgIpc) is 3.61. The molecule has 2 atom stereocenters. The van der Waals surface area contributed by atoms with Gasteiger partial charge in [0.25, 0.3) is 0 Å². The average molecular weight is 468 g/mol. The van der Waals surface area contributed by atoms with E-state index in [1.807, 2.05) is 42.5 Å². The summed E-state index contributed by atoms with van der Waals surface area (Å²) in [5.74, 6) is 0.992. The summed E-state index contributed by atoms with van der Waals surface area (Å²) in [5, 5.41) is 3.01. The third-order valence-corrected chi connectivity index (χ3v) is 6.31. The molecule has 1 heterocycles. The van der Waals surface area contributed by atoms with Crippen LogP contribution < -0.4 is 15.5 Å². The molecule has 2 aromatic rings. The van der Waals surface area contributed by atoms with E-state index in [1.54, 1.807) is 0 Å². The largest absolute Gasteiger partial charge is 0.492 e. The molecule has 1 saturated carbocycles. The highest BCUT2D eigenvalue weighted by atomic mass is 16.6. The Morgan fingerprint density at radius 1 is 1.03 bits per heavy atom. The Kier molecular flexibility index (Phi) is 8.38. The monoisotopic (exact) mass is 467 g/mol. The minimum Gasteiger partial charge on any atom is -0.492 e. The summed E-state index contributed by atoms with van der Waals surface area (Å²) in [5.41, 5.74) is 4.47. The third kappa shape index (κ3) is 7.20. The molecule has 0 bridgehead atoms. The van der Waals surface area contributed by atoms with E-state index in [0.717, 1.165) is 50.2 Å². The molecule has 8 heteroatoms. The van der Waals surface area contributed by atoms with Gasteiger partial charge in [-0.15, -0.1) is 0 Å². The van der Waals surface area contributed by atoms with Crippen molar-refractivity contribution in [3.63, 3.8) is 0 Å². The van der Waals surface area contributed by atoms with E-state index in [0.29, 0.717) is 12.5 Å². The predicted octanol–water partition coefficient (Wildman–Crippen LogP) is 3.03. The molecule has 2 aromatic carbocycles. The normalized spacial score (nSPS) is 20.4. The number of amides is 2. The number of benzene rings is 2. The zero-order chi connectivity index (χ0) is 23.8. The fourth-order valence-electron chi connectivity index (χ4n) is 4.34. The highest BCUT2D eigenvalue weighted by molar-refractivity contribution is 5.77. The quantitative estimate of drug-likeness (QED) is 0.522. The van der Waals surface area contributed by atoms with Crippen LogP contribution in [0.3, 0.4) is 0 Å². The number of likely N-dealkylation sites (tertiary alicyclic amines) is 1. The van der Waals surface area contributed by atoms with Gasteiger partial charge in [-0.05, 0) is 42.5 Å². The molecule has 2 aliphatic rings. The second kappa shape index (κ2) is 11.9. The molecular weight excluding hydrogens is 434 g/mol. The highest BCUT2D eigenvalue weighted by Crippen LogP contribution is 2.40. The van der Waals surface area contributed by atoms with Gasteiger partial charge in [0, 0.05) is 31.6 Å². The maximum atomic E-state index is 12.3. The van der Waals surface area contributed by atoms with Gasteiger partial charge in [0.2, 0.25) is 5.91 Å². The van der Waals surface area contributed by atoms with Crippen LogP contribution in [-0.2, 0) is 20.8 Å². The van der Waals surface area contributed by atoms with Crippen LogP contribution in [0.1, 0.15) is 36.3 Å². The van der Waals surface area contributed by atoms with Crippen molar-refractivity contribution in [2.24, 2.45) is 0 Å². The van der Waals surface area contributed by atoms with Crippen LogP contribution in [-0.4, -0.2) is 62.4 Å². The molecule has 0 spiro atoms. The molecule has 182 valence electrons. The number of ether oxygens (including phenoxy) is 2. The van der Waals surface area contributed by atoms with Crippen molar-refractivity contribution in [2.45, 2.75) is 43.7 Å². The van der Waals surface area contributed by atoms with Gasteiger partial charge in [-0.3, -0.25) is 14.5 Å². The summed E-state index contributed by atoms with van der Waals surface area (Å²) in [4.78, 5) is 30.8. The minimum absolute atomic E-state index is 0.0334. The Balaban J connectivity index is 1.08. The van der Waals surface area contributed by atoms with Gasteiger partial charge in [-0.1, -0.05) is 42.5 Å². The Hall–Kier alpha value is -3.10. The lowest BCUT2D eigenvalue weighted by Gasteiger charge is -2.31. The molecule has 0 radical (unpaired) electrons. The van der Waals surface area contributed by atoms with Crippen molar-refractivity contribution in [3.05, 3.63) is 65.7 Å². The van der Waals surface area contributed by atoms with Crippen LogP contribution in [0.15, 0.2) is 54.6 Å². The molecule has 2 N–H and O–H groups in total. The first-order valence-corrected chi connectivity index (χ1v) is 11.9. The van der Waals surface area contributed by atoms with Crippen LogP contribution in [0, 0.1) is 0 Å². The second-order valence-corrected chi connectivity index (χ2v) is 8.85. The van der Waals surface area contributed by atoms with Crippen molar-refractivity contribution < 1.29 is 23.9 Å². The topological polar surface area (TPSA) is 89.1 Å². The zero-order valence-electron chi connectivity index (χ0n) is 19.6. The van der Waals surface area contributed by atoms with Crippen molar-refractivity contribution in [1.29, 1.82) is 0 Å². The summed E-state index contributed by atoms with van der Waals surface area (Å²) in [6.45, 7) is 3.16. The molecule has 2 amide bonds. The first kappa shape index (κ1) is 24.0. The van der Waals surface area contributed by atoms with E-state index >= 15 is 0 Å². The van der Waals surface area contributed by atoms with Gasteiger partial charge in [-0.2, -0.15) is 0 Å². The lowest BCUT2D eigenvalue weighted by Crippen LogP contribution is -2.41. The molecule has 0 unspecified atom stereocenters. The third-order valence-electron chi connectivity index (χ3n) is 6.31. The van der Waals surface area contributed by atoms with Gasteiger partial charge >= 0.3 is 6.09 Å². The number of rotatable bonds is 10. The first-order chi connectivity index (χ1) is 16.6. The van der Waals surface area contributed by atoms with Gasteiger partial charge in [0.05, 0.1) is 13.5 Å².